The molecule has 0 bridgehead atoms. The maximum absolute atomic E-state index is 0. The standard InChI is InChI=1S/Co.Fe.Ni.Os. The van der Waals surface area contributed by atoms with E-state index in [1.54, 1.807) is 0 Å². The van der Waals surface area contributed by atoms with Crippen molar-refractivity contribution in [2.75, 3.05) is 0 Å². The Hall–Kier alpha value is 2.16. The molecule has 0 N–H and O–H groups in total. The molecule has 0 aliphatic carbocycles. The van der Waals surface area contributed by atoms with Crippen LogP contribution in [-0.2, 0) is 70.1 Å². The van der Waals surface area contributed by atoms with E-state index in [1.807, 2.05) is 0 Å². The van der Waals surface area contributed by atoms with Gasteiger partial charge in [0.05, 0.1) is 0 Å². The Labute approximate surface area is 69.5 Å². The molecule has 0 heterocycles. The van der Waals surface area contributed by atoms with Gasteiger partial charge in [0.25, 0.3) is 0 Å². The second kappa shape index (κ2) is 19.2. The predicted molar refractivity (Wildman–Crippen MR) is 0 cm³/mol. The largest absolute Gasteiger partial charge is 0 e. The van der Waals surface area contributed by atoms with Gasteiger partial charge in [-0.15, -0.1) is 0 Å². The summed E-state index contributed by atoms with van der Waals surface area (Å²) in [6.07, 6.45) is 0. The Kier molecular flexibility index (Phi) is 169. The van der Waals surface area contributed by atoms with Crippen LogP contribution in [0.15, 0.2) is 0 Å². The Bertz CT molecular complexity index is 8.00. The Morgan fingerprint density at radius 1 is 1.00 bits per heavy atom. The molecule has 0 atom stereocenters. The first-order chi connectivity index (χ1) is 0. The van der Waals surface area contributed by atoms with E-state index in [-0.39, 0.29) is 70.1 Å². The normalized spacial score (nSPS) is 0. The molecule has 0 aliphatic heterocycles. The van der Waals surface area contributed by atoms with E-state index in [1.165, 1.54) is 0 Å². The van der Waals surface area contributed by atoms with Crippen molar-refractivity contribution in [3.05, 3.63) is 0 Å². The van der Waals surface area contributed by atoms with Crippen molar-refractivity contribution < 1.29 is 70.1 Å². The second-order valence-corrected chi connectivity index (χ2v) is 0. The molecule has 4 heteroatoms. The monoisotopic (exact) mass is 365 g/mol. The van der Waals surface area contributed by atoms with Crippen LogP contribution in [0.2, 0.25) is 0 Å². The smallest absolute Gasteiger partial charge is 0 e. The third kappa shape index (κ3) is 8.91. The van der Waals surface area contributed by atoms with Gasteiger partial charge in [0.1, 0.15) is 0 Å². The molecule has 35 valence electrons. The molecule has 0 nitrogen and oxygen atoms in total. The Morgan fingerprint density at radius 3 is 1.00 bits per heavy atom. The van der Waals surface area contributed by atoms with Crippen LogP contribution in [0.1, 0.15) is 0 Å². The van der Waals surface area contributed by atoms with E-state index in [4.69, 9.17) is 0 Å². The summed E-state index contributed by atoms with van der Waals surface area (Å²) in [5.41, 5.74) is 0. The van der Waals surface area contributed by atoms with Crippen molar-refractivity contribution >= 4 is 0 Å². The van der Waals surface area contributed by atoms with Crippen LogP contribution in [0.4, 0.5) is 0 Å². The molecule has 1 radical (unpaired) electrons. The van der Waals surface area contributed by atoms with E-state index in [9.17, 15) is 0 Å². The minimum absolute atomic E-state index is 0. The average molecular weight is 364 g/mol. The van der Waals surface area contributed by atoms with Gasteiger partial charge in [0, 0.05) is 70.1 Å². The molecule has 0 aromatic rings. The van der Waals surface area contributed by atoms with Crippen molar-refractivity contribution in [2.24, 2.45) is 0 Å². The summed E-state index contributed by atoms with van der Waals surface area (Å²) in [6, 6.07) is 0. The summed E-state index contributed by atoms with van der Waals surface area (Å²) < 4.78 is 0. The molecule has 0 unspecified atom stereocenters. The summed E-state index contributed by atoms with van der Waals surface area (Å²) in [5.74, 6) is 0. The molecule has 0 aromatic carbocycles. The molecule has 0 fully saturated rings. The average Bonchev–Trinajstić information content (AvgIpc) is 0. The fourth-order valence-corrected chi connectivity index (χ4v) is 0. The first kappa shape index (κ1) is 35.2. The third-order valence-electron chi connectivity index (χ3n) is 0. The number of rotatable bonds is 0. The summed E-state index contributed by atoms with van der Waals surface area (Å²) in [7, 11) is 0. The predicted octanol–water partition coefficient (Wildman–Crippen LogP) is -0.0100. The van der Waals surface area contributed by atoms with E-state index >= 15 is 0 Å². The zero-order chi connectivity index (χ0) is 0. The summed E-state index contributed by atoms with van der Waals surface area (Å²) >= 11 is 0. The second-order valence-electron chi connectivity index (χ2n) is 0. The van der Waals surface area contributed by atoms with E-state index in [2.05, 4.69) is 0 Å². The first-order valence-corrected chi connectivity index (χ1v) is 0. The zero-order valence-corrected chi connectivity index (χ0v) is 7.03. The number of hydrogen-bond donors (Lipinski definition) is 0. The molecule has 0 spiro atoms. The SMILES string of the molecule is [Co].[Fe].[Ni].[Os]. The van der Waals surface area contributed by atoms with Gasteiger partial charge < -0.3 is 0 Å². The van der Waals surface area contributed by atoms with Crippen molar-refractivity contribution in [1.29, 1.82) is 0 Å². The van der Waals surface area contributed by atoms with Crippen LogP contribution < -0.4 is 0 Å². The number of hydrogen-bond acceptors (Lipinski definition) is 0. The van der Waals surface area contributed by atoms with E-state index in [0.29, 0.717) is 0 Å². The molecule has 0 aliphatic rings. The quantitative estimate of drug-likeness (QED) is 0.531. The topological polar surface area (TPSA) is 0 Å². The van der Waals surface area contributed by atoms with E-state index < -0.39 is 0 Å². The summed E-state index contributed by atoms with van der Waals surface area (Å²) in [6.45, 7) is 0. The minimum atomic E-state index is 0. The van der Waals surface area contributed by atoms with Gasteiger partial charge in [-0.1, -0.05) is 0 Å². The van der Waals surface area contributed by atoms with Crippen molar-refractivity contribution in [2.45, 2.75) is 0 Å². The van der Waals surface area contributed by atoms with Crippen LogP contribution in [-0.4, -0.2) is 0 Å². The summed E-state index contributed by atoms with van der Waals surface area (Å²) in [4.78, 5) is 0. The third-order valence-corrected chi connectivity index (χ3v) is 0. The molecular formula is CoFeNiOs. The molecule has 0 rings (SSSR count). The van der Waals surface area contributed by atoms with Crippen LogP contribution in [0.3, 0.4) is 0 Å². The fraction of sp³-hybridized carbons (Fsp3) is 0. The molecule has 0 saturated heterocycles. The van der Waals surface area contributed by atoms with Gasteiger partial charge in [0.2, 0.25) is 0 Å². The molecular weight excluding hydrogens is 364 g/mol. The van der Waals surface area contributed by atoms with Crippen LogP contribution in [0.5, 0.6) is 0 Å². The van der Waals surface area contributed by atoms with Crippen molar-refractivity contribution in [3.63, 3.8) is 0 Å². The molecule has 0 saturated carbocycles. The molecule has 4 heavy (non-hydrogen) atoms. The van der Waals surface area contributed by atoms with Gasteiger partial charge in [0.15, 0.2) is 0 Å². The first-order valence-electron chi connectivity index (χ1n) is 0. The van der Waals surface area contributed by atoms with Gasteiger partial charge in [-0.05, 0) is 0 Å². The fourth-order valence-electron chi connectivity index (χ4n) is 0. The van der Waals surface area contributed by atoms with Gasteiger partial charge in [-0.25, -0.2) is 0 Å². The Morgan fingerprint density at radius 2 is 1.00 bits per heavy atom. The van der Waals surface area contributed by atoms with Crippen LogP contribution in [0.25, 0.3) is 0 Å². The molecule has 0 aromatic heterocycles. The van der Waals surface area contributed by atoms with Gasteiger partial charge in [-0.3, -0.25) is 0 Å². The van der Waals surface area contributed by atoms with Gasteiger partial charge in [-0.2, -0.15) is 0 Å². The van der Waals surface area contributed by atoms with Crippen LogP contribution >= 0.6 is 0 Å². The van der Waals surface area contributed by atoms with Crippen LogP contribution in [0, 0.1) is 0 Å². The Balaban J connectivity index is 0. The van der Waals surface area contributed by atoms with Crippen molar-refractivity contribution in [3.8, 4) is 0 Å². The van der Waals surface area contributed by atoms with E-state index in [0.717, 1.165) is 0 Å². The van der Waals surface area contributed by atoms with Crippen molar-refractivity contribution in [1.82, 2.24) is 0 Å². The maximum Gasteiger partial charge on any atom is 0 e. The summed E-state index contributed by atoms with van der Waals surface area (Å²) in [5, 5.41) is 0. The van der Waals surface area contributed by atoms with Gasteiger partial charge >= 0.3 is 0 Å². The maximum atomic E-state index is 0. The zero-order valence-electron chi connectivity index (χ0n) is 1.36. The minimum Gasteiger partial charge on any atom is 0 e. The molecule has 0 amide bonds.